The molecule has 3 rings (SSSR count). The van der Waals surface area contributed by atoms with Crippen LogP contribution in [0.1, 0.15) is 4.88 Å². The first-order chi connectivity index (χ1) is 11.2. The highest BCUT2D eigenvalue weighted by molar-refractivity contribution is 9.11. The van der Waals surface area contributed by atoms with E-state index in [-0.39, 0.29) is 5.91 Å². The standard InChI is InChI=1S/C17H17BrN2O2S/c18-16-7-5-13(23-16)6-8-17(21)19-14-3-1-2-4-15(14)20-9-11-22-12-10-20/h1-8H,9-12H2,(H,19,21). The Morgan fingerprint density at radius 2 is 2.00 bits per heavy atom. The lowest BCUT2D eigenvalue weighted by Gasteiger charge is -2.30. The van der Waals surface area contributed by atoms with Gasteiger partial charge in [0.2, 0.25) is 5.91 Å². The van der Waals surface area contributed by atoms with Crippen molar-refractivity contribution in [2.45, 2.75) is 0 Å². The minimum Gasteiger partial charge on any atom is -0.378 e. The smallest absolute Gasteiger partial charge is 0.248 e. The van der Waals surface area contributed by atoms with Crippen molar-refractivity contribution in [1.82, 2.24) is 0 Å². The lowest BCUT2D eigenvalue weighted by Crippen LogP contribution is -2.36. The normalized spacial score (nSPS) is 15.1. The van der Waals surface area contributed by atoms with Gasteiger partial charge in [0.25, 0.3) is 0 Å². The Morgan fingerprint density at radius 1 is 1.22 bits per heavy atom. The number of nitrogens with one attached hydrogen (secondary N) is 1. The minimum absolute atomic E-state index is 0.129. The summed E-state index contributed by atoms with van der Waals surface area (Å²) in [6.07, 6.45) is 3.39. The largest absolute Gasteiger partial charge is 0.378 e. The Morgan fingerprint density at radius 3 is 2.74 bits per heavy atom. The van der Waals surface area contributed by atoms with Gasteiger partial charge >= 0.3 is 0 Å². The number of hydrogen-bond acceptors (Lipinski definition) is 4. The minimum atomic E-state index is -0.129. The summed E-state index contributed by atoms with van der Waals surface area (Å²) in [7, 11) is 0. The number of carbonyl (C=O) groups is 1. The summed E-state index contributed by atoms with van der Waals surface area (Å²) in [5, 5.41) is 2.97. The number of anilines is 2. The zero-order valence-electron chi connectivity index (χ0n) is 12.5. The molecule has 0 bridgehead atoms. The van der Waals surface area contributed by atoms with Crippen molar-refractivity contribution < 1.29 is 9.53 Å². The van der Waals surface area contributed by atoms with E-state index < -0.39 is 0 Å². The number of hydrogen-bond donors (Lipinski definition) is 1. The molecule has 1 aromatic carbocycles. The first kappa shape index (κ1) is 16.2. The average molecular weight is 393 g/mol. The molecule has 1 aliphatic rings. The van der Waals surface area contributed by atoms with Crippen LogP contribution in [0.25, 0.3) is 6.08 Å². The molecule has 0 unspecified atom stereocenters. The SMILES string of the molecule is O=C(C=Cc1ccc(Br)s1)Nc1ccccc1N1CCOCC1. The first-order valence-corrected chi connectivity index (χ1v) is 8.99. The molecule has 0 radical (unpaired) electrons. The van der Waals surface area contributed by atoms with Crippen molar-refractivity contribution in [3.8, 4) is 0 Å². The fourth-order valence-corrected chi connectivity index (χ4v) is 3.74. The molecule has 23 heavy (non-hydrogen) atoms. The molecule has 2 aromatic rings. The summed E-state index contributed by atoms with van der Waals surface area (Å²) < 4.78 is 6.44. The maximum atomic E-state index is 12.2. The second kappa shape index (κ2) is 7.77. The molecule has 1 fully saturated rings. The summed E-state index contributed by atoms with van der Waals surface area (Å²) >= 11 is 5.00. The highest BCUT2D eigenvalue weighted by atomic mass is 79.9. The van der Waals surface area contributed by atoms with E-state index in [1.165, 1.54) is 0 Å². The summed E-state index contributed by atoms with van der Waals surface area (Å²) in [5.74, 6) is -0.129. The molecule has 1 aliphatic heterocycles. The molecular formula is C17H17BrN2O2S. The van der Waals surface area contributed by atoms with E-state index in [9.17, 15) is 4.79 Å². The Kier molecular flexibility index (Phi) is 5.48. The molecular weight excluding hydrogens is 376 g/mol. The van der Waals surface area contributed by atoms with Crippen molar-refractivity contribution >= 4 is 50.6 Å². The van der Waals surface area contributed by atoms with Gasteiger partial charge in [0.1, 0.15) is 0 Å². The molecule has 0 saturated carbocycles. The number of thiophene rings is 1. The molecule has 0 atom stereocenters. The van der Waals surface area contributed by atoms with Gasteiger partial charge in [-0.1, -0.05) is 12.1 Å². The number of rotatable bonds is 4. The quantitative estimate of drug-likeness (QED) is 0.799. The van der Waals surface area contributed by atoms with E-state index in [4.69, 9.17) is 4.74 Å². The van der Waals surface area contributed by atoms with Crippen molar-refractivity contribution in [2.24, 2.45) is 0 Å². The molecule has 4 nitrogen and oxygen atoms in total. The van der Waals surface area contributed by atoms with Crippen LogP contribution in [0.3, 0.4) is 0 Å². The number of benzene rings is 1. The Bertz CT molecular complexity index is 708. The van der Waals surface area contributed by atoms with Crippen LogP contribution in [-0.2, 0) is 9.53 Å². The molecule has 1 N–H and O–H groups in total. The topological polar surface area (TPSA) is 41.6 Å². The van der Waals surface area contributed by atoms with Gasteiger partial charge in [-0.3, -0.25) is 4.79 Å². The van der Waals surface area contributed by atoms with Crippen molar-refractivity contribution in [1.29, 1.82) is 0 Å². The Hall–Kier alpha value is -1.63. The lowest BCUT2D eigenvalue weighted by atomic mass is 10.2. The van der Waals surface area contributed by atoms with Gasteiger partial charge in [-0.25, -0.2) is 0 Å². The van der Waals surface area contributed by atoms with E-state index >= 15 is 0 Å². The fraction of sp³-hybridized carbons (Fsp3) is 0.235. The first-order valence-electron chi connectivity index (χ1n) is 7.38. The number of amides is 1. The third-order valence-electron chi connectivity index (χ3n) is 3.51. The molecule has 1 aromatic heterocycles. The number of ether oxygens (including phenoxy) is 1. The van der Waals surface area contributed by atoms with Crippen molar-refractivity contribution in [2.75, 3.05) is 36.5 Å². The predicted molar refractivity (Wildman–Crippen MR) is 99.2 cm³/mol. The van der Waals surface area contributed by atoms with Gasteiger partial charge < -0.3 is 15.0 Å². The monoisotopic (exact) mass is 392 g/mol. The Balaban J connectivity index is 1.69. The van der Waals surface area contributed by atoms with Crippen LogP contribution < -0.4 is 10.2 Å². The third kappa shape index (κ3) is 4.43. The molecule has 6 heteroatoms. The maximum absolute atomic E-state index is 12.2. The molecule has 1 amide bonds. The fourth-order valence-electron chi connectivity index (χ4n) is 2.41. The van der Waals surface area contributed by atoms with E-state index in [0.717, 1.165) is 46.3 Å². The zero-order valence-corrected chi connectivity index (χ0v) is 14.9. The van der Waals surface area contributed by atoms with Gasteiger partial charge in [0.15, 0.2) is 0 Å². The number of morpholine rings is 1. The molecule has 2 heterocycles. The van der Waals surface area contributed by atoms with Crippen molar-refractivity contribution in [3.63, 3.8) is 0 Å². The van der Waals surface area contributed by atoms with Gasteiger partial charge in [-0.15, -0.1) is 11.3 Å². The van der Waals surface area contributed by atoms with Gasteiger partial charge in [-0.2, -0.15) is 0 Å². The number of nitrogens with zero attached hydrogens (tertiary/aromatic N) is 1. The zero-order chi connectivity index (χ0) is 16.1. The maximum Gasteiger partial charge on any atom is 0.248 e. The second-order valence-corrected chi connectivity index (χ2v) is 7.58. The molecule has 0 aliphatic carbocycles. The lowest BCUT2D eigenvalue weighted by molar-refractivity contribution is -0.111. The van der Waals surface area contributed by atoms with E-state index in [2.05, 4.69) is 26.1 Å². The van der Waals surface area contributed by atoms with E-state index in [1.807, 2.05) is 42.5 Å². The summed E-state index contributed by atoms with van der Waals surface area (Å²) in [6, 6.07) is 11.8. The van der Waals surface area contributed by atoms with Gasteiger partial charge in [-0.05, 0) is 46.3 Å². The molecule has 0 spiro atoms. The van der Waals surface area contributed by atoms with Gasteiger partial charge in [0, 0.05) is 24.0 Å². The Labute approximate surface area is 147 Å². The third-order valence-corrected chi connectivity index (χ3v) is 5.10. The highest BCUT2D eigenvalue weighted by Gasteiger charge is 2.15. The summed E-state index contributed by atoms with van der Waals surface area (Å²) in [6.45, 7) is 3.11. The average Bonchev–Trinajstić information content (AvgIpc) is 3.00. The number of para-hydroxylation sites is 2. The van der Waals surface area contributed by atoms with Crippen LogP contribution in [0.4, 0.5) is 11.4 Å². The van der Waals surface area contributed by atoms with Crippen LogP contribution >= 0.6 is 27.3 Å². The van der Waals surface area contributed by atoms with Crippen molar-refractivity contribution in [3.05, 3.63) is 51.1 Å². The van der Waals surface area contributed by atoms with E-state index in [1.54, 1.807) is 17.4 Å². The molecule has 1 saturated heterocycles. The van der Waals surface area contributed by atoms with Crippen LogP contribution in [0.2, 0.25) is 0 Å². The highest BCUT2D eigenvalue weighted by Crippen LogP contribution is 2.27. The van der Waals surface area contributed by atoms with E-state index in [0.29, 0.717) is 0 Å². The predicted octanol–water partition coefficient (Wildman–Crippen LogP) is 4.00. The molecule has 120 valence electrons. The summed E-state index contributed by atoms with van der Waals surface area (Å²) in [4.78, 5) is 15.5. The van der Waals surface area contributed by atoms with Gasteiger partial charge in [0.05, 0.1) is 28.4 Å². The van der Waals surface area contributed by atoms with Crippen LogP contribution in [-0.4, -0.2) is 32.2 Å². The second-order valence-electron chi connectivity index (χ2n) is 5.08. The summed E-state index contributed by atoms with van der Waals surface area (Å²) in [5.41, 5.74) is 1.87. The van der Waals surface area contributed by atoms with Crippen LogP contribution in [0.15, 0.2) is 46.3 Å². The number of carbonyl (C=O) groups excluding carboxylic acids is 1. The van der Waals surface area contributed by atoms with Crippen LogP contribution in [0, 0.1) is 0 Å². The van der Waals surface area contributed by atoms with Crippen LogP contribution in [0.5, 0.6) is 0 Å². The number of halogens is 1.